The lowest BCUT2D eigenvalue weighted by molar-refractivity contribution is 0.206. The van der Waals surface area contributed by atoms with Gasteiger partial charge in [0, 0.05) is 17.4 Å². The van der Waals surface area contributed by atoms with E-state index in [0.717, 1.165) is 0 Å². The number of hydrogen-bond donors (Lipinski definition) is 3. The number of nitrogens with zero attached hydrogens (tertiary/aromatic N) is 1. The van der Waals surface area contributed by atoms with Crippen molar-refractivity contribution in [3.8, 4) is 0 Å². The van der Waals surface area contributed by atoms with E-state index in [1.54, 1.807) is 24.3 Å². The fourth-order valence-electron chi connectivity index (χ4n) is 1.63. The summed E-state index contributed by atoms with van der Waals surface area (Å²) in [6.45, 7) is -0.503. The van der Waals surface area contributed by atoms with Crippen molar-refractivity contribution in [3.63, 3.8) is 0 Å². The molecule has 23 heavy (non-hydrogen) atoms. The number of anilines is 3. The molecule has 1 aromatic heterocycles. The average Bonchev–Trinajstić information content (AvgIpc) is 2.97. The molecule has 9 heteroatoms. The lowest BCUT2D eigenvalue weighted by atomic mass is 9.91. The first-order chi connectivity index (χ1) is 10.5. The molecule has 2 rings (SSSR count). The van der Waals surface area contributed by atoms with Crippen LogP contribution in [0.3, 0.4) is 0 Å². The maximum Gasteiger partial charge on any atom is 0.324 e. The summed E-state index contributed by atoms with van der Waals surface area (Å²) < 4.78 is 30.7. The van der Waals surface area contributed by atoms with Gasteiger partial charge in [-0.25, -0.2) is 13.6 Å². The predicted octanol–water partition coefficient (Wildman–Crippen LogP) is 3.52. The molecule has 126 valence electrons. The normalized spacial score (nSPS) is 10.7. The van der Waals surface area contributed by atoms with Gasteiger partial charge in [-0.3, -0.25) is 5.32 Å². The van der Waals surface area contributed by atoms with Gasteiger partial charge in [-0.2, -0.15) is 0 Å². The van der Waals surface area contributed by atoms with Crippen LogP contribution in [0.5, 0.6) is 0 Å². The second-order valence-electron chi connectivity index (χ2n) is 5.11. The number of nitrogens with one attached hydrogen (secondary N) is 2. The van der Waals surface area contributed by atoms with E-state index in [2.05, 4.69) is 15.8 Å². The minimum Gasteiger partial charge on any atom is -0.399 e. The Labute approximate surface area is 137 Å². The van der Waals surface area contributed by atoms with Crippen LogP contribution in [0.2, 0.25) is 0 Å². The molecular formula is C14H17ClF2N4O2. The highest BCUT2D eigenvalue weighted by Crippen LogP contribution is 2.27. The zero-order chi connectivity index (χ0) is 16.2. The van der Waals surface area contributed by atoms with E-state index in [1.807, 2.05) is 0 Å². The largest absolute Gasteiger partial charge is 0.399 e. The molecule has 0 aliphatic rings. The number of aromatic nitrogens is 1. The van der Waals surface area contributed by atoms with E-state index in [1.165, 1.54) is 13.0 Å². The molecule has 2 amide bonds. The van der Waals surface area contributed by atoms with Gasteiger partial charge in [0.1, 0.15) is 19.1 Å². The number of nitrogen functional groups attached to an aromatic ring is 1. The van der Waals surface area contributed by atoms with Gasteiger partial charge in [0.05, 0.1) is 5.41 Å². The van der Waals surface area contributed by atoms with E-state index in [-0.39, 0.29) is 24.0 Å². The number of nitrogens with two attached hydrogens (primary N) is 1. The smallest absolute Gasteiger partial charge is 0.324 e. The first-order valence-corrected chi connectivity index (χ1v) is 6.49. The van der Waals surface area contributed by atoms with Crippen LogP contribution in [0.15, 0.2) is 34.9 Å². The number of urea groups is 1. The molecule has 4 N–H and O–H groups in total. The Morgan fingerprint density at radius 1 is 1.26 bits per heavy atom. The molecular weight excluding hydrogens is 330 g/mol. The van der Waals surface area contributed by atoms with Crippen LogP contribution in [0.1, 0.15) is 12.7 Å². The van der Waals surface area contributed by atoms with Gasteiger partial charge in [-0.1, -0.05) is 5.16 Å². The molecule has 1 heterocycles. The highest BCUT2D eigenvalue weighted by Gasteiger charge is 2.32. The number of hydrogen-bond acceptors (Lipinski definition) is 4. The van der Waals surface area contributed by atoms with E-state index in [0.29, 0.717) is 11.4 Å². The monoisotopic (exact) mass is 346 g/mol. The van der Waals surface area contributed by atoms with Crippen molar-refractivity contribution in [2.45, 2.75) is 12.3 Å². The van der Waals surface area contributed by atoms with Crippen molar-refractivity contribution in [1.29, 1.82) is 0 Å². The Hall–Kier alpha value is -2.35. The summed E-state index contributed by atoms with van der Waals surface area (Å²) in [5, 5.41) is 8.55. The average molecular weight is 347 g/mol. The minimum atomic E-state index is -1.40. The lowest BCUT2D eigenvalue weighted by Gasteiger charge is -2.17. The predicted molar refractivity (Wildman–Crippen MR) is 86.5 cm³/mol. The quantitative estimate of drug-likeness (QED) is 0.722. The maximum absolute atomic E-state index is 12.9. The Morgan fingerprint density at radius 3 is 2.43 bits per heavy atom. The van der Waals surface area contributed by atoms with Crippen molar-refractivity contribution < 1.29 is 18.1 Å². The lowest BCUT2D eigenvalue weighted by Crippen LogP contribution is -2.26. The first-order valence-electron chi connectivity index (χ1n) is 6.49. The minimum absolute atomic E-state index is 0. The van der Waals surface area contributed by atoms with Gasteiger partial charge in [-0.15, -0.1) is 12.4 Å². The van der Waals surface area contributed by atoms with Crippen LogP contribution in [0.25, 0.3) is 0 Å². The van der Waals surface area contributed by atoms with Crippen molar-refractivity contribution in [2.75, 3.05) is 29.7 Å². The topological polar surface area (TPSA) is 93.2 Å². The molecule has 0 aliphatic heterocycles. The number of rotatable bonds is 5. The van der Waals surface area contributed by atoms with Crippen LogP contribution < -0.4 is 16.4 Å². The molecule has 0 spiro atoms. The summed E-state index contributed by atoms with van der Waals surface area (Å²) in [5.41, 5.74) is 5.24. The molecule has 0 fully saturated rings. The number of carbonyl (C=O) groups excluding carboxylic acids is 1. The van der Waals surface area contributed by atoms with Crippen LogP contribution >= 0.6 is 12.4 Å². The second kappa shape index (κ2) is 7.77. The van der Waals surface area contributed by atoms with E-state index in [4.69, 9.17) is 10.3 Å². The third-order valence-corrected chi connectivity index (χ3v) is 3.11. The summed E-state index contributed by atoms with van der Waals surface area (Å²) in [6.07, 6.45) is 0. The first kappa shape index (κ1) is 18.7. The Morgan fingerprint density at radius 2 is 1.87 bits per heavy atom. The fourth-order valence-corrected chi connectivity index (χ4v) is 1.63. The Kier molecular flexibility index (Phi) is 6.32. The van der Waals surface area contributed by atoms with E-state index >= 15 is 0 Å². The van der Waals surface area contributed by atoms with Gasteiger partial charge >= 0.3 is 6.03 Å². The highest BCUT2D eigenvalue weighted by atomic mass is 35.5. The van der Waals surface area contributed by atoms with Crippen molar-refractivity contribution in [1.82, 2.24) is 5.16 Å². The van der Waals surface area contributed by atoms with Crippen LogP contribution in [0, 0.1) is 0 Å². The number of halogens is 3. The van der Waals surface area contributed by atoms with Crippen LogP contribution in [0.4, 0.5) is 30.8 Å². The summed E-state index contributed by atoms with van der Waals surface area (Å²) in [4.78, 5) is 11.8. The van der Waals surface area contributed by atoms with E-state index < -0.39 is 24.8 Å². The molecule has 0 saturated carbocycles. The zero-order valence-corrected chi connectivity index (χ0v) is 13.1. The molecule has 0 unspecified atom stereocenters. The molecule has 0 atom stereocenters. The van der Waals surface area contributed by atoms with Crippen molar-refractivity contribution >= 4 is 35.6 Å². The maximum atomic E-state index is 12.9. The molecule has 0 aliphatic carbocycles. The summed E-state index contributed by atoms with van der Waals surface area (Å²) in [7, 11) is 0. The van der Waals surface area contributed by atoms with Crippen LogP contribution in [-0.2, 0) is 5.41 Å². The number of carbonyl (C=O) groups is 1. The van der Waals surface area contributed by atoms with E-state index in [9.17, 15) is 13.6 Å². The zero-order valence-electron chi connectivity index (χ0n) is 12.3. The summed E-state index contributed by atoms with van der Waals surface area (Å²) in [5.74, 6) is 0.0938. The van der Waals surface area contributed by atoms with Gasteiger partial charge in [0.15, 0.2) is 5.82 Å². The van der Waals surface area contributed by atoms with Crippen molar-refractivity contribution in [3.05, 3.63) is 36.1 Å². The van der Waals surface area contributed by atoms with Gasteiger partial charge < -0.3 is 15.6 Å². The third kappa shape index (κ3) is 4.56. The molecule has 0 saturated heterocycles. The van der Waals surface area contributed by atoms with Crippen molar-refractivity contribution in [2.24, 2.45) is 0 Å². The van der Waals surface area contributed by atoms with Crippen LogP contribution in [-0.4, -0.2) is 24.5 Å². The molecule has 2 aromatic rings. The number of amides is 2. The third-order valence-electron chi connectivity index (χ3n) is 3.11. The van der Waals surface area contributed by atoms with Gasteiger partial charge in [0.25, 0.3) is 0 Å². The second-order valence-corrected chi connectivity index (χ2v) is 5.11. The Balaban J connectivity index is 0.00000264. The number of benzene rings is 1. The SMILES string of the molecule is CC(CF)(CF)c1cc(NC(=O)Nc2ccc(N)cc2)no1.Cl. The molecule has 0 bridgehead atoms. The standard InChI is InChI=1S/C14H16F2N4O2.ClH/c1-14(7-15,8-16)11-6-12(20-22-11)19-13(21)18-10-4-2-9(17)3-5-10;/h2-6H,7-8,17H2,1H3,(H2,18,19,20,21);1H. The highest BCUT2D eigenvalue weighted by molar-refractivity contribution is 5.99. The molecule has 0 radical (unpaired) electrons. The van der Waals surface area contributed by atoms with Gasteiger partial charge in [-0.05, 0) is 31.2 Å². The molecule has 1 aromatic carbocycles. The molecule has 6 nitrogen and oxygen atoms in total. The number of alkyl halides is 2. The fraction of sp³-hybridized carbons (Fsp3) is 0.286. The summed E-state index contributed by atoms with van der Waals surface area (Å²) >= 11 is 0. The summed E-state index contributed by atoms with van der Waals surface area (Å²) in [6, 6.07) is 7.27. The van der Waals surface area contributed by atoms with Gasteiger partial charge in [0.2, 0.25) is 0 Å². The Bertz CT molecular complexity index is 644.